The third kappa shape index (κ3) is 5.25. The molecule has 3 heterocycles. The summed E-state index contributed by atoms with van der Waals surface area (Å²) in [4.78, 5) is 28.9. The molecule has 3 aromatic rings. The first-order chi connectivity index (χ1) is 15.7. The van der Waals surface area contributed by atoms with Crippen LogP contribution in [-0.4, -0.2) is 51.0 Å². The Morgan fingerprint density at radius 3 is 2.76 bits per heavy atom. The fourth-order valence-electron chi connectivity index (χ4n) is 3.21. The minimum atomic E-state index is -0.876. The molecular formula is C22H23FN6O4. The molecule has 33 heavy (non-hydrogen) atoms. The quantitative estimate of drug-likeness (QED) is 0.611. The van der Waals surface area contributed by atoms with Crippen molar-refractivity contribution >= 4 is 17.8 Å². The van der Waals surface area contributed by atoms with Crippen LogP contribution < -0.4 is 10.6 Å². The van der Waals surface area contributed by atoms with Gasteiger partial charge in [-0.2, -0.15) is 5.10 Å². The molecule has 0 bridgehead atoms. The first-order valence-corrected chi connectivity index (χ1v) is 10.3. The average molecular weight is 454 g/mol. The number of amidine groups is 1. The lowest BCUT2D eigenvalue weighted by Crippen LogP contribution is -2.54. The SMILES string of the molecule is CC(C)(C)OC(=O)NC1CN=C(c2cc(-c3ccon3)n(Cc3ccccc3F)n2)NC1=O. The molecule has 1 aliphatic rings. The summed E-state index contributed by atoms with van der Waals surface area (Å²) >= 11 is 0. The van der Waals surface area contributed by atoms with Gasteiger partial charge in [0.1, 0.15) is 35.1 Å². The summed E-state index contributed by atoms with van der Waals surface area (Å²) < 4.78 is 25.9. The molecule has 2 amide bonds. The van der Waals surface area contributed by atoms with Crippen molar-refractivity contribution in [3.63, 3.8) is 0 Å². The maximum Gasteiger partial charge on any atom is 0.408 e. The standard InChI is InChI=1S/C22H23FN6O4/c1-22(2,3)33-21(31)25-17-11-24-19(26-20(17)30)16-10-18(15-8-9-32-28-15)29(27-16)12-13-6-4-5-7-14(13)23/h4-10,17H,11-12H2,1-3H3,(H,25,31)(H,24,26,30). The summed E-state index contributed by atoms with van der Waals surface area (Å²) in [6.45, 7) is 5.34. The van der Waals surface area contributed by atoms with E-state index in [2.05, 4.69) is 25.9 Å². The van der Waals surface area contributed by atoms with Gasteiger partial charge in [0, 0.05) is 11.6 Å². The Balaban J connectivity index is 1.57. The number of nitrogens with zero attached hydrogens (tertiary/aromatic N) is 4. The van der Waals surface area contributed by atoms with Crippen molar-refractivity contribution in [3.8, 4) is 11.4 Å². The number of carbonyl (C=O) groups excluding carboxylic acids is 2. The molecular weight excluding hydrogens is 431 g/mol. The van der Waals surface area contributed by atoms with Crippen molar-refractivity contribution in [2.45, 2.75) is 39.0 Å². The number of hydrogen-bond acceptors (Lipinski definition) is 7. The lowest BCUT2D eigenvalue weighted by atomic mass is 10.2. The van der Waals surface area contributed by atoms with Crippen LogP contribution in [0, 0.1) is 5.82 Å². The van der Waals surface area contributed by atoms with Crippen LogP contribution in [0.2, 0.25) is 0 Å². The molecule has 2 aromatic heterocycles. The van der Waals surface area contributed by atoms with Crippen molar-refractivity contribution < 1.29 is 23.2 Å². The Kier molecular flexibility index (Phi) is 5.95. The molecule has 0 fully saturated rings. The van der Waals surface area contributed by atoms with Gasteiger partial charge in [-0.25, -0.2) is 9.18 Å². The monoisotopic (exact) mass is 454 g/mol. The number of aliphatic imine (C=N–C) groups is 1. The van der Waals surface area contributed by atoms with Crippen LogP contribution in [0.5, 0.6) is 0 Å². The van der Waals surface area contributed by atoms with E-state index in [4.69, 9.17) is 9.26 Å². The van der Waals surface area contributed by atoms with Crippen molar-refractivity contribution in [1.82, 2.24) is 25.6 Å². The molecule has 0 spiro atoms. The van der Waals surface area contributed by atoms with Crippen LogP contribution in [0.4, 0.5) is 9.18 Å². The number of nitrogens with one attached hydrogen (secondary N) is 2. The Morgan fingerprint density at radius 1 is 1.30 bits per heavy atom. The number of carbonyl (C=O) groups is 2. The summed E-state index contributed by atoms with van der Waals surface area (Å²) in [5, 5.41) is 13.6. The predicted octanol–water partition coefficient (Wildman–Crippen LogP) is 2.50. The van der Waals surface area contributed by atoms with Gasteiger partial charge in [-0.15, -0.1) is 0 Å². The average Bonchev–Trinajstić information content (AvgIpc) is 3.40. The molecule has 172 valence electrons. The summed E-state index contributed by atoms with van der Waals surface area (Å²) in [7, 11) is 0. The third-order valence-electron chi connectivity index (χ3n) is 4.68. The van der Waals surface area contributed by atoms with Gasteiger partial charge in [0.05, 0.1) is 18.8 Å². The maximum absolute atomic E-state index is 14.2. The third-order valence-corrected chi connectivity index (χ3v) is 4.68. The summed E-state index contributed by atoms with van der Waals surface area (Å²) in [6, 6.07) is 8.84. The van der Waals surface area contributed by atoms with Crippen molar-refractivity contribution in [1.29, 1.82) is 0 Å². The molecule has 1 aliphatic heterocycles. The van der Waals surface area contributed by atoms with Gasteiger partial charge in [-0.1, -0.05) is 23.4 Å². The molecule has 0 saturated carbocycles. The predicted molar refractivity (Wildman–Crippen MR) is 116 cm³/mol. The maximum atomic E-state index is 14.2. The number of benzene rings is 1. The van der Waals surface area contributed by atoms with Crippen LogP contribution >= 0.6 is 0 Å². The van der Waals surface area contributed by atoms with Crippen molar-refractivity contribution in [3.05, 3.63) is 59.7 Å². The van der Waals surface area contributed by atoms with Crippen LogP contribution in [0.25, 0.3) is 11.4 Å². The van der Waals surface area contributed by atoms with E-state index in [1.54, 1.807) is 55.8 Å². The zero-order valence-corrected chi connectivity index (χ0v) is 18.3. The fraction of sp³-hybridized carbons (Fsp3) is 0.318. The summed E-state index contributed by atoms with van der Waals surface area (Å²) in [5.74, 6) is -0.572. The van der Waals surface area contributed by atoms with Gasteiger partial charge in [-0.05, 0) is 32.9 Å². The molecule has 2 N–H and O–H groups in total. The highest BCUT2D eigenvalue weighted by molar-refractivity contribution is 6.10. The molecule has 0 radical (unpaired) electrons. The number of alkyl carbamates (subject to hydrolysis) is 1. The minimum absolute atomic E-state index is 0.0138. The van der Waals surface area contributed by atoms with Crippen LogP contribution in [-0.2, 0) is 16.1 Å². The Bertz CT molecular complexity index is 1200. The molecule has 4 rings (SSSR count). The number of ether oxygens (including phenoxy) is 1. The number of amides is 2. The molecule has 1 atom stereocenters. The lowest BCUT2D eigenvalue weighted by molar-refractivity contribution is -0.121. The van der Waals surface area contributed by atoms with Gasteiger partial charge in [-0.3, -0.25) is 14.5 Å². The van der Waals surface area contributed by atoms with Crippen LogP contribution in [0.15, 0.2) is 52.2 Å². The largest absolute Gasteiger partial charge is 0.444 e. The number of aromatic nitrogens is 3. The van der Waals surface area contributed by atoms with E-state index >= 15 is 0 Å². The Labute approximate surface area is 188 Å². The minimum Gasteiger partial charge on any atom is -0.444 e. The second-order valence-electron chi connectivity index (χ2n) is 8.43. The van der Waals surface area contributed by atoms with E-state index in [-0.39, 0.29) is 24.7 Å². The molecule has 1 aromatic carbocycles. The molecule has 1 unspecified atom stereocenters. The number of hydrogen-bond donors (Lipinski definition) is 2. The first kappa shape index (κ1) is 22.2. The second-order valence-corrected chi connectivity index (χ2v) is 8.43. The van der Waals surface area contributed by atoms with Crippen molar-refractivity contribution in [2.75, 3.05) is 6.54 Å². The highest BCUT2D eigenvalue weighted by atomic mass is 19.1. The Hall–Kier alpha value is -4.02. The summed E-state index contributed by atoms with van der Waals surface area (Å²) in [6.07, 6.45) is 0.714. The van der Waals surface area contributed by atoms with Gasteiger partial charge in [0.2, 0.25) is 5.91 Å². The first-order valence-electron chi connectivity index (χ1n) is 10.3. The zero-order valence-electron chi connectivity index (χ0n) is 18.3. The lowest BCUT2D eigenvalue weighted by Gasteiger charge is -2.24. The van der Waals surface area contributed by atoms with Gasteiger partial charge < -0.3 is 19.9 Å². The topological polar surface area (TPSA) is 124 Å². The molecule has 0 saturated heterocycles. The Morgan fingerprint density at radius 2 is 2.09 bits per heavy atom. The molecule has 11 heteroatoms. The zero-order chi connectivity index (χ0) is 23.6. The highest BCUT2D eigenvalue weighted by Crippen LogP contribution is 2.21. The van der Waals surface area contributed by atoms with E-state index in [0.29, 0.717) is 22.6 Å². The number of halogens is 1. The van der Waals surface area contributed by atoms with Crippen LogP contribution in [0.1, 0.15) is 32.0 Å². The van der Waals surface area contributed by atoms with E-state index in [0.717, 1.165) is 0 Å². The summed E-state index contributed by atoms with van der Waals surface area (Å²) in [5.41, 5.74) is 1.18. The highest BCUT2D eigenvalue weighted by Gasteiger charge is 2.29. The smallest absolute Gasteiger partial charge is 0.408 e. The van der Waals surface area contributed by atoms with Crippen molar-refractivity contribution in [2.24, 2.45) is 4.99 Å². The van der Waals surface area contributed by atoms with Gasteiger partial charge in [0.15, 0.2) is 5.84 Å². The second kappa shape index (κ2) is 8.85. The van der Waals surface area contributed by atoms with E-state index in [1.807, 2.05) is 0 Å². The van der Waals surface area contributed by atoms with Crippen LogP contribution in [0.3, 0.4) is 0 Å². The van der Waals surface area contributed by atoms with Gasteiger partial charge in [0.25, 0.3) is 0 Å². The van der Waals surface area contributed by atoms with E-state index in [1.165, 1.54) is 12.3 Å². The number of rotatable bonds is 5. The molecule has 10 nitrogen and oxygen atoms in total. The fourth-order valence-corrected chi connectivity index (χ4v) is 3.21. The van der Waals surface area contributed by atoms with E-state index < -0.39 is 23.6 Å². The van der Waals surface area contributed by atoms with Gasteiger partial charge >= 0.3 is 6.09 Å². The normalized spacial score (nSPS) is 16.2. The molecule has 0 aliphatic carbocycles. The van der Waals surface area contributed by atoms with E-state index in [9.17, 15) is 14.0 Å².